The molecule has 108 valence electrons. The fraction of sp³-hybridized carbons (Fsp3) is 0.571. The number of alkyl halides is 3. The first-order valence-corrected chi connectivity index (χ1v) is 6.89. The van der Waals surface area contributed by atoms with Crippen LogP contribution in [0.2, 0.25) is 5.02 Å². The molecule has 0 aliphatic rings. The Morgan fingerprint density at radius 3 is 2.16 bits per heavy atom. The molecule has 0 amide bonds. The van der Waals surface area contributed by atoms with E-state index in [4.69, 9.17) is 11.6 Å². The predicted octanol–water partition coefficient (Wildman–Crippen LogP) is 5.74. The maximum absolute atomic E-state index is 12.5. The van der Waals surface area contributed by atoms with Crippen LogP contribution in [0, 0.1) is 0 Å². The molecule has 0 fully saturated rings. The molecular weight excluding hydrogens is 275 g/mol. The van der Waals surface area contributed by atoms with Crippen LogP contribution in [0.4, 0.5) is 18.9 Å². The van der Waals surface area contributed by atoms with E-state index in [1.54, 1.807) is 0 Å². The van der Waals surface area contributed by atoms with E-state index in [2.05, 4.69) is 19.2 Å². The normalized spacial score (nSPS) is 11.9. The molecule has 19 heavy (non-hydrogen) atoms. The van der Waals surface area contributed by atoms with Crippen molar-refractivity contribution in [3.63, 3.8) is 0 Å². The molecule has 0 bridgehead atoms. The third-order valence-electron chi connectivity index (χ3n) is 2.93. The molecule has 5 heteroatoms. The summed E-state index contributed by atoms with van der Waals surface area (Å²) in [6.07, 6.45) is -0.351. The highest BCUT2D eigenvalue weighted by Crippen LogP contribution is 2.34. The van der Waals surface area contributed by atoms with E-state index in [9.17, 15) is 13.2 Å². The Labute approximate surface area is 117 Å². The molecule has 0 aromatic heterocycles. The van der Waals surface area contributed by atoms with E-state index in [0.29, 0.717) is 5.69 Å². The number of nitrogens with one attached hydrogen (secondary N) is 1. The van der Waals surface area contributed by atoms with Crippen LogP contribution < -0.4 is 5.32 Å². The van der Waals surface area contributed by atoms with E-state index in [1.165, 1.54) is 6.07 Å². The van der Waals surface area contributed by atoms with Crippen LogP contribution >= 0.6 is 11.6 Å². The lowest BCUT2D eigenvalue weighted by Gasteiger charge is -2.20. The van der Waals surface area contributed by atoms with Gasteiger partial charge in [-0.15, -0.1) is 0 Å². The monoisotopic (exact) mass is 293 g/mol. The Morgan fingerprint density at radius 2 is 1.74 bits per heavy atom. The van der Waals surface area contributed by atoms with E-state index in [-0.39, 0.29) is 11.1 Å². The lowest BCUT2D eigenvalue weighted by Crippen LogP contribution is -2.19. The zero-order valence-electron chi connectivity index (χ0n) is 11.1. The van der Waals surface area contributed by atoms with Crippen molar-refractivity contribution in [2.75, 3.05) is 5.32 Å². The second-order valence-corrected chi connectivity index (χ2v) is 5.02. The molecular formula is C14H19ClF3N. The Hall–Kier alpha value is -0.900. The molecule has 1 aromatic carbocycles. The van der Waals surface area contributed by atoms with Crippen LogP contribution in [-0.2, 0) is 6.18 Å². The summed E-state index contributed by atoms with van der Waals surface area (Å²) in [5.41, 5.74) is -0.146. The van der Waals surface area contributed by atoms with Gasteiger partial charge in [0.05, 0.1) is 16.3 Å². The Bertz CT molecular complexity index is 398. The molecule has 1 aromatic rings. The third-order valence-corrected chi connectivity index (χ3v) is 3.24. The second-order valence-electron chi connectivity index (χ2n) is 4.61. The molecule has 0 saturated carbocycles. The first kappa shape index (κ1) is 16.2. The minimum Gasteiger partial charge on any atom is -0.381 e. The number of hydrogen-bond acceptors (Lipinski definition) is 1. The van der Waals surface area contributed by atoms with Gasteiger partial charge >= 0.3 is 6.18 Å². The van der Waals surface area contributed by atoms with Gasteiger partial charge in [-0.1, -0.05) is 38.3 Å². The quantitative estimate of drug-likeness (QED) is 0.705. The Kier molecular flexibility index (Phi) is 5.98. The van der Waals surface area contributed by atoms with Crippen LogP contribution in [0.15, 0.2) is 18.2 Å². The smallest absolute Gasteiger partial charge is 0.381 e. The van der Waals surface area contributed by atoms with Crippen molar-refractivity contribution in [2.24, 2.45) is 0 Å². The SMILES string of the molecule is CCCC(CCC)Nc1ccc(C(F)(F)F)cc1Cl. The summed E-state index contributed by atoms with van der Waals surface area (Å²) >= 11 is 5.92. The molecule has 0 atom stereocenters. The summed E-state index contributed by atoms with van der Waals surface area (Å²) in [6.45, 7) is 4.16. The molecule has 0 heterocycles. The molecule has 1 nitrogen and oxygen atoms in total. The van der Waals surface area contributed by atoms with Crippen molar-refractivity contribution < 1.29 is 13.2 Å². The molecule has 0 unspecified atom stereocenters. The second kappa shape index (κ2) is 7.04. The summed E-state index contributed by atoms with van der Waals surface area (Å²) < 4.78 is 37.6. The van der Waals surface area contributed by atoms with Gasteiger partial charge in [-0.25, -0.2) is 0 Å². The average molecular weight is 294 g/mol. The number of hydrogen-bond donors (Lipinski definition) is 1. The van der Waals surface area contributed by atoms with Gasteiger partial charge in [0.25, 0.3) is 0 Å². The minimum absolute atomic E-state index is 0.118. The first-order valence-electron chi connectivity index (χ1n) is 6.51. The van der Waals surface area contributed by atoms with Gasteiger partial charge in [-0.3, -0.25) is 0 Å². The summed E-state index contributed by atoms with van der Waals surface area (Å²) in [4.78, 5) is 0. The number of halogens is 4. The molecule has 1 N–H and O–H groups in total. The highest BCUT2D eigenvalue weighted by atomic mass is 35.5. The molecule has 0 radical (unpaired) electrons. The maximum Gasteiger partial charge on any atom is 0.416 e. The summed E-state index contributed by atoms with van der Waals surface area (Å²) in [5.74, 6) is 0. The average Bonchev–Trinajstić information content (AvgIpc) is 2.31. The van der Waals surface area contributed by atoms with E-state index in [0.717, 1.165) is 37.8 Å². The summed E-state index contributed by atoms with van der Waals surface area (Å²) in [6, 6.07) is 3.69. The fourth-order valence-electron chi connectivity index (χ4n) is 2.01. The Balaban J connectivity index is 2.84. The van der Waals surface area contributed by atoms with Crippen LogP contribution in [0.3, 0.4) is 0 Å². The molecule has 0 aliphatic carbocycles. The van der Waals surface area contributed by atoms with Gasteiger partial charge in [0.2, 0.25) is 0 Å². The van der Waals surface area contributed by atoms with E-state index < -0.39 is 11.7 Å². The lowest BCUT2D eigenvalue weighted by atomic mass is 10.1. The zero-order valence-corrected chi connectivity index (χ0v) is 11.9. The maximum atomic E-state index is 12.5. The Morgan fingerprint density at radius 1 is 1.16 bits per heavy atom. The van der Waals surface area contributed by atoms with Crippen molar-refractivity contribution in [2.45, 2.75) is 51.7 Å². The van der Waals surface area contributed by atoms with Crippen molar-refractivity contribution in [1.82, 2.24) is 0 Å². The zero-order chi connectivity index (χ0) is 14.5. The van der Waals surface area contributed by atoms with Gasteiger partial charge in [-0.2, -0.15) is 13.2 Å². The van der Waals surface area contributed by atoms with Crippen molar-refractivity contribution in [3.05, 3.63) is 28.8 Å². The number of benzene rings is 1. The lowest BCUT2D eigenvalue weighted by molar-refractivity contribution is -0.137. The minimum atomic E-state index is -4.35. The largest absolute Gasteiger partial charge is 0.416 e. The molecule has 1 rings (SSSR count). The predicted molar refractivity (Wildman–Crippen MR) is 73.7 cm³/mol. The van der Waals surface area contributed by atoms with Crippen molar-refractivity contribution in [1.29, 1.82) is 0 Å². The van der Waals surface area contributed by atoms with Crippen LogP contribution in [0.25, 0.3) is 0 Å². The van der Waals surface area contributed by atoms with Crippen molar-refractivity contribution in [3.8, 4) is 0 Å². The number of anilines is 1. The van der Waals surface area contributed by atoms with Crippen LogP contribution in [0.5, 0.6) is 0 Å². The van der Waals surface area contributed by atoms with E-state index >= 15 is 0 Å². The van der Waals surface area contributed by atoms with Gasteiger partial charge in [0.15, 0.2) is 0 Å². The number of rotatable bonds is 6. The van der Waals surface area contributed by atoms with Crippen LogP contribution in [0.1, 0.15) is 45.1 Å². The van der Waals surface area contributed by atoms with Crippen LogP contribution in [-0.4, -0.2) is 6.04 Å². The van der Waals surface area contributed by atoms with Gasteiger partial charge < -0.3 is 5.32 Å². The molecule has 0 spiro atoms. The van der Waals surface area contributed by atoms with E-state index in [1.807, 2.05) is 0 Å². The molecule has 0 saturated heterocycles. The van der Waals surface area contributed by atoms with Gasteiger partial charge in [-0.05, 0) is 31.0 Å². The standard InChI is InChI=1S/C14H19ClF3N/c1-3-5-11(6-4-2)19-13-8-7-10(9-12(13)15)14(16,17)18/h7-9,11,19H,3-6H2,1-2H3. The summed E-state index contributed by atoms with van der Waals surface area (Å²) in [7, 11) is 0. The molecule has 0 aliphatic heterocycles. The van der Waals surface area contributed by atoms with Gasteiger partial charge in [0.1, 0.15) is 0 Å². The first-order chi connectivity index (χ1) is 8.88. The highest BCUT2D eigenvalue weighted by molar-refractivity contribution is 6.33. The van der Waals surface area contributed by atoms with Crippen molar-refractivity contribution >= 4 is 17.3 Å². The van der Waals surface area contributed by atoms with Gasteiger partial charge in [0, 0.05) is 6.04 Å². The topological polar surface area (TPSA) is 12.0 Å². The fourth-order valence-corrected chi connectivity index (χ4v) is 2.25. The third kappa shape index (κ3) is 4.94. The highest BCUT2D eigenvalue weighted by Gasteiger charge is 2.30. The summed E-state index contributed by atoms with van der Waals surface area (Å²) in [5, 5.41) is 3.35.